The van der Waals surface area contributed by atoms with Crippen molar-refractivity contribution in [3.8, 4) is 0 Å². The van der Waals surface area contributed by atoms with Crippen molar-refractivity contribution in [2.75, 3.05) is 11.4 Å². The van der Waals surface area contributed by atoms with Crippen LogP contribution < -0.4 is 10.5 Å². The van der Waals surface area contributed by atoms with E-state index in [-0.39, 0.29) is 5.56 Å². The molecule has 18 heavy (non-hydrogen) atoms. The fraction of sp³-hybridized carbons (Fsp3) is 0.286. The van der Waals surface area contributed by atoms with Crippen LogP contribution in [0.25, 0.3) is 0 Å². The Hall–Kier alpha value is -2.10. The Morgan fingerprint density at radius 2 is 2.00 bits per heavy atom. The van der Waals surface area contributed by atoms with E-state index in [2.05, 4.69) is 29.1 Å². The average molecular weight is 243 g/mol. The fourth-order valence-corrected chi connectivity index (χ4v) is 1.82. The summed E-state index contributed by atoms with van der Waals surface area (Å²) in [6.45, 7) is 3.69. The van der Waals surface area contributed by atoms with Crippen molar-refractivity contribution in [3.05, 3.63) is 58.5 Å². The van der Waals surface area contributed by atoms with Crippen LogP contribution >= 0.6 is 0 Å². The molecule has 1 aromatic carbocycles. The second-order valence-corrected chi connectivity index (χ2v) is 4.18. The van der Waals surface area contributed by atoms with E-state index in [0.717, 1.165) is 18.8 Å². The summed E-state index contributed by atoms with van der Waals surface area (Å²) >= 11 is 0. The molecule has 0 aliphatic rings. The molecule has 0 bridgehead atoms. The predicted octanol–water partition coefficient (Wildman–Crippen LogP) is 1.81. The van der Waals surface area contributed by atoms with Crippen LogP contribution in [0, 0.1) is 0 Å². The highest BCUT2D eigenvalue weighted by atomic mass is 16.1. The topological polar surface area (TPSA) is 38.1 Å². The van der Waals surface area contributed by atoms with Gasteiger partial charge in [-0.1, -0.05) is 30.3 Å². The van der Waals surface area contributed by atoms with Gasteiger partial charge in [0.05, 0.1) is 11.9 Å². The third kappa shape index (κ3) is 2.77. The Kier molecular flexibility index (Phi) is 3.77. The second-order valence-electron chi connectivity index (χ2n) is 4.18. The molecule has 1 heterocycles. The number of nitrogens with zero attached hydrogens (tertiary/aromatic N) is 3. The Morgan fingerprint density at radius 1 is 1.28 bits per heavy atom. The molecule has 1 aromatic heterocycles. The summed E-state index contributed by atoms with van der Waals surface area (Å²) in [5.74, 6) is 0. The molecule has 4 heteroatoms. The van der Waals surface area contributed by atoms with Gasteiger partial charge in [0.1, 0.15) is 0 Å². The van der Waals surface area contributed by atoms with Crippen LogP contribution in [-0.4, -0.2) is 16.3 Å². The fourth-order valence-electron chi connectivity index (χ4n) is 1.82. The molecule has 94 valence electrons. The minimum atomic E-state index is -0.0842. The lowest BCUT2D eigenvalue weighted by molar-refractivity contribution is 0.699. The van der Waals surface area contributed by atoms with Gasteiger partial charge in [-0.2, -0.15) is 5.10 Å². The third-order valence-electron chi connectivity index (χ3n) is 2.92. The summed E-state index contributed by atoms with van der Waals surface area (Å²) in [6.07, 6.45) is 1.73. The van der Waals surface area contributed by atoms with Crippen molar-refractivity contribution in [3.63, 3.8) is 0 Å². The van der Waals surface area contributed by atoms with E-state index in [1.807, 2.05) is 18.2 Å². The van der Waals surface area contributed by atoms with Crippen molar-refractivity contribution in [2.45, 2.75) is 13.5 Å². The van der Waals surface area contributed by atoms with Crippen molar-refractivity contribution >= 4 is 5.69 Å². The maximum Gasteiger partial charge on any atom is 0.268 e. The third-order valence-corrected chi connectivity index (χ3v) is 2.92. The van der Waals surface area contributed by atoms with E-state index >= 15 is 0 Å². The van der Waals surface area contributed by atoms with Crippen LogP contribution in [0.3, 0.4) is 0 Å². The zero-order chi connectivity index (χ0) is 13.0. The SMILES string of the molecule is CCN(Cc1ccccc1)c1cnn(C)c(=O)c1. The number of aryl methyl sites for hydroxylation is 1. The first-order chi connectivity index (χ1) is 8.70. The number of rotatable bonds is 4. The molecule has 0 amide bonds. The minimum absolute atomic E-state index is 0.0842. The molecule has 0 aliphatic heterocycles. The molecule has 0 N–H and O–H groups in total. The van der Waals surface area contributed by atoms with Gasteiger partial charge in [-0.25, -0.2) is 4.68 Å². The largest absolute Gasteiger partial charge is 0.366 e. The molecule has 0 spiro atoms. The van der Waals surface area contributed by atoms with E-state index in [0.29, 0.717) is 0 Å². The highest BCUT2D eigenvalue weighted by molar-refractivity contribution is 5.43. The summed E-state index contributed by atoms with van der Waals surface area (Å²) in [5, 5.41) is 4.05. The molecule has 0 saturated carbocycles. The number of hydrogen-bond acceptors (Lipinski definition) is 3. The van der Waals surface area contributed by atoms with Crippen LogP contribution in [0.2, 0.25) is 0 Å². The van der Waals surface area contributed by atoms with Crippen LogP contribution in [0.5, 0.6) is 0 Å². The molecule has 0 saturated heterocycles. The van der Waals surface area contributed by atoms with Gasteiger partial charge in [0.25, 0.3) is 5.56 Å². The van der Waals surface area contributed by atoms with Gasteiger partial charge >= 0.3 is 0 Å². The first-order valence-corrected chi connectivity index (χ1v) is 6.03. The molecule has 0 atom stereocenters. The van der Waals surface area contributed by atoms with Crippen molar-refractivity contribution in [1.82, 2.24) is 9.78 Å². The standard InChI is InChI=1S/C14H17N3O/c1-3-17(11-12-7-5-4-6-8-12)13-9-14(18)16(2)15-10-13/h4-10H,3,11H2,1-2H3. The first-order valence-electron chi connectivity index (χ1n) is 6.03. The maximum absolute atomic E-state index is 11.6. The van der Waals surface area contributed by atoms with Gasteiger partial charge in [-0.3, -0.25) is 4.79 Å². The van der Waals surface area contributed by atoms with Crippen LogP contribution in [-0.2, 0) is 13.6 Å². The number of anilines is 1. The van der Waals surface area contributed by atoms with E-state index < -0.39 is 0 Å². The van der Waals surface area contributed by atoms with E-state index in [4.69, 9.17) is 0 Å². The Morgan fingerprint density at radius 3 is 2.61 bits per heavy atom. The molecule has 2 rings (SSSR count). The molecule has 0 radical (unpaired) electrons. The van der Waals surface area contributed by atoms with Gasteiger partial charge in [-0.15, -0.1) is 0 Å². The quantitative estimate of drug-likeness (QED) is 0.822. The number of benzene rings is 1. The average Bonchev–Trinajstić information content (AvgIpc) is 2.40. The Labute approximate surface area is 106 Å². The highest BCUT2D eigenvalue weighted by Gasteiger charge is 2.06. The molecular weight excluding hydrogens is 226 g/mol. The smallest absolute Gasteiger partial charge is 0.268 e. The second kappa shape index (κ2) is 5.49. The van der Waals surface area contributed by atoms with Crippen molar-refractivity contribution < 1.29 is 0 Å². The van der Waals surface area contributed by atoms with Gasteiger partial charge in [-0.05, 0) is 12.5 Å². The lowest BCUT2D eigenvalue weighted by Crippen LogP contribution is -2.26. The summed E-state index contributed by atoms with van der Waals surface area (Å²) in [7, 11) is 1.65. The summed E-state index contributed by atoms with van der Waals surface area (Å²) in [5.41, 5.74) is 2.00. The van der Waals surface area contributed by atoms with Crippen LogP contribution in [0.4, 0.5) is 5.69 Å². The summed E-state index contributed by atoms with van der Waals surface area (Å²) in [6, 6.07) is 11.8. The predicted molar refractivity (Wildman–Crippen MR) is 72.6 cm³/mol. The van der Waals surface area contributed by atoms with Crippen LogP contribution in [0.1, 0.15) is 12.5 Å². The number of hydrogen-bond donors (Lipinski definition) is 0. The molecule has 0 aliphatic carbocycles. The molecule has 2 aromatic rings. The zero-order valence-corrected chi connectivity index (χ0v) is 10.7. The van der Waals surface area contributed by atoms with Gasteiger partial charge in [0.2, 0.25) is 0 Å². The van der Waals surface area contributed by atoms with Gasteiger partial charge in [0, 0.05) is 26.2 Å². The Balaban J connectivity index is 2.23. The zero-order valence-electron chi connectivity index (χ0n) is 10.7. The summed E-state index contributed by atoms with van der Waals surface area (Å²) in [4.78, 5) is 13.7. The molecule has 4 nitrogen and oxygen atoms in total. The van der Waals surface area contributed by atoms with Gasteiger partial charge < -0.3 is 4.90 Å². The molecule has 0 fully saturated rings. The molecule has 0 unspecified atom stereocenters. The van der Waals surface area contributed by atoms with Crippen molar-refractivity contribution in [1.29, 1.82) is 0 Å². The number of aromatic nitrogens is 2. The monoisotopic (exact) mass is 243 g/mol. The lowest BCUT2D eigenvalue weighted by atomic mass is 10.2. The minimum Gasteiger partial charge on any atom is -0.366 e. The summed E-state index contributed by atoms with van der Waals surface area (Å²) < 4.78 is 1.33. The highest BCUT2D eigenvalue weighted by Crippen LogP contribution is 2.13. The normalized spacial score (nSPS) is 10.3. The van der Waals surface area contributed by atoms with E-state index in [1.54, 1.807) is 19.3 Å². The lowest BCUT2D eigenvalue weighted by Gasteiger charge is -2.22. The van der Waals surface area contributed by atoms with Gasteiger partial charge in [0.15, 0.2) is 0 Å². The van der Waals surface area contributed by atoms with Crippen molar-refractivity contribution in [2.24, 2.45) is 7.05 Å². The van der Waals surface area contributed by atoms with Crippen LogP contribution in [0.15, 0.2) is 47.4 Å². The van der Waals surface area contributed by atoms with E-state index in [1.165, 1.54) is 10.2 Å². The molecular formula is C14H17N3O. The first kappa shape index (κ1) is 12.4. The maximum atomic E-state index is 11.6. The Bertz CT molecular complexity index is 563. The van der Waals surface area contributed by atoms with E-state index in [9.17, 15) is 4.79 Å².